The van der Waals surface area contributed by atoms with Crippen LogP contribution in [0.1, 0.15) is 72.1 Å². The Kier molecular flexibility index (Phi) is 12.6. The summed E-state index contributed by atoms with van der Waals surface area (Å²) in [5, 5.41) is 2.81. The van der Waals surface area contributed by atoms with Gasteiger partial charge in [0.1, 0.15) is 6.29 Å². The molecule has 1 amide bonds. The maximum Gasteiger partial charge on any atom is 0.223 e. The Morgan fingerprint density at radius 1 is 1.11 bits per heavy atom. The van der Waals surface area contributed by atoms with Crippen LogP contribution in [-0.2, 0) is 9.59 Å². The Morgan fingerprint density at radius 2 is 1.74 bits per heavy atom. The molecule has 2 heterocycles. The molecule has 27 heavy (non-hydrogen) atoms. The Morgan fingerprint density at radius 3 is 2.26 bits per heavy atom. The lowest BCUT2D eigenvalue weighted by molar-refractivity contribution is -0.126. The van der Waals surface area contributed by atoms with E-state index in [4.69, 9.17) is 0 Å². The molecule has 2 aliphatic heterocycles. The fourth-order valence-electron chi connectivity index (χ4n) is 3.92. The van der Waals surface area contributed by atoms with E-state index in [0.717, 1.165) is 38.1 Å². The van der Waals surface area contributed by atoms with Crippen molar-refractivity contribution in [2.24, 2.45) is 11.8 Å². The van der Waals surface area contributed by atoms with Gasteiger partial charge in [0, 0.05) is 24.9 Å². The molecule has 2 rings (SSSR count). The van der Waals surface area contributed by atoms with E-state index in [1.807, 2.05) is 0 Å². The van der Waals surface area contributed by atoms with E-state index in [0.29, 0.717) is 19.0 Å². The summed E-state index contributed by atoms with van der Waals surface area (Å²) in [6.07, 6.45) is 10.3. The normalized spacial score (nSPS) is 20.2. The minimum absolute atomic E-state index is 0.116. The van der Waals surface area contributed by atoms with Gasteiger partial charge < -0.3 is 19.9 Å². The Hall–Kier alpha value is -0.940. The highest BCUT2D eigenvalue weighted by Gasteiger charge is 2.25. The molecular weight excluding hydrogens is 338 g/mol. The maximum atomic E-state index is 11.7. The summed E-state index contributed by atoms with van der Waals surface area (Å²) < 4.78 is 0. The van der Waals surface area contributed by atoms with Gasteiger partial charge >= 0.3 is 0 Å². The zero-order valence-corrected chi connectivity index (χ0v) is 18.2. The number of nitrogens with zero attached hydrogens (tertiary/aromatic N) is 2. The third-order valence-electron chi connectivity index (χ3n) is 6.00. The zero-order chi connectivity index (χ0) is 20.1. The SMILES string of the molecule is CC(C)N1CCC(C(=O)NCCC=O)CC1.CCCCC1CCN(C)CC1. The number of nitrogens with one attached hydrogen (secondary N) is 1. The fourth-order valence-corrected chi connectivity index (χ4v) is 3.92. The molecule has 0 aromatic carbocycles. The fraction of sp³-hybridized carbons (Fsp3) is 0.909. The van der Waals surface area contributed by atoms with Crippen LogP contribution in [0.25, 0.3) is 0 Å². The lowest BCUT2D eigenvalue weighted by Gasteiger charge is -2.33. The van der Waals surface area contributed by atoms with Crippen LogP contribution in [0.2, 0.25) is 0 Å². The zero-order valence-electron chi connectivity index (χ0n) is 18.2. The van der Waals surface area contributed by atoms with Gasteiger partial charge in [-0.2, -0.15) is 0 Å². The molecule has 0 aromatic rings. The number of carbonyl (C=O) groups excluding carboxylic acids is 2. The van der Waals surface area contributed by atoms with Crippen molar-refractivity contribution in [2.75, 3.05) is 39.8 Å². The van der Waals surface area contributed by atoms with Crippen molar-refractivity contribution >= 4 is 12.2 Å². The van der Waals surface area contributed by atoms with Crippen molar-refractivity contribution < 1.29 is 9.59 Å². The van der Waals surface area contributed by atoms with Gasteiger partial charge in [0.2, 0.25) is 5.91 Å². The molecule has 0 saturated carbocycles. The summed E-state index contributed by atoms with van der Waals surface area (Å²) in [5.41, 5.74) is 0. The molecule has 1 N–H and O–H groups in total. The van der Waals surface area contributed by atoms with E-state index in [2.05, 4.69) is 42.9 Å². The summed E-state index contributed by atoms with van der Waals surface area (Å²) in [6.45, 7) is 11.8. The Labute approximate surface area is 167 Å². The van der Waals surface area contributed by atoms with Crippen molar-refractivity contribution in [2.45, 2.75) is 78.2 Å². The lowest BCUT2D eigenvalue weighted by Crippen LogP contribution is -2.43. The molecule has 158 valence electrons. The number of likely N-dealkylation sites (tertiary alicyclic amines) is 2. The number of unbranched alkanes of at least 4 members (excludes halogenated alkanes) is 1. The quantitative estimate of drug-likeness (QED) is 0.518. The van der Waals surface area contributed by atoms with Gasteiger partial charge in [0.05, 0.1) is 0 Å². The number of aldehydes is 1. The van der Waals surface area contributed by atoms with Crippen molar-refractivity contribution in [1.29, 1.82) is 0 Å². The first-order valence-electron chi connectivity index (χ1n) is 11.1. The number of hydrogen-bond donors (Lipinski definition) is 1. The smallest absolute Gasteiger partial charge is 0.223 e. The molecule has 5 heteroatoms. The largest absolute Gasteiger partial charge is 0.355 e. The molecule has 0 bridgehead atoms. The highest BCUT2D eigenvalue weighted by Crippen LogP contribution is 2.21. The standard InChI is InChI=1S/C12H22N2O2.C10H21N/c1-10(2)14-7-4-11(5-8-14)12(16)13-6-3-9-15;1-3-4-5-10-6-8-11(2)9-7-10/h9-11H,3-8H2,1-2H3,(H,13,16);10H,3-9H2,1-2H3. The van der Waals surface area contributed by atoms with Crippen LogP contribution in [0.15, 0.2) is 0 Å². The number of hydrogen-bond acceptors (Lipinski definition) is 4. The molecule has 2 aliphatic rings. The van der Waals surface area contributed by atoms with E-state index < -0.39 is 0 Å². The molecule has 2 saturated heterocycles. The van der Waals surface area contributed by atoms with Crippen LogP contribution < -0.4 is 5.32 Å². The van der Waals surface area contributed by atoms with Gasteiger partial charge in [0.25, 0.3) is 0 Å². The monoisotopic (exact) mass is 381 g/mol. The van der Waals surface area contributed by atoms with E-state index in [-0.39, 0.29) is 11.8 Å². The predicted octanol–water partition coefficient (Wildman–Crippen LogP) is 3.33. The molecular formula is C22H43N3O2. The second-order valence-electron chi connectivity index (χ2n) is 8.54. The summed E-state index contributed by atoms with van der Waals surface area (Å²) in [5.74, 6) is 1.30. The Balaban J connectivity index is 0.000000289. The van der Waals surface area contributed by atoms with E-state index in [9.17, 15) is 9.59 Å². The van der Waals surface area contributed by atoms with E-state index in [1.165, 1.54) is 45.2 Å². The van der Waals surface area contributed by atoms with Crippen LogP contribution in [0.5, 0.6) is 0 Å². The number of carbonyl (C=O) groups is 2. The summed E-state index contributed by atoms with van der Waals surface area (Å²) in [7, 11) is 2.23. The minimum atomic E-state index is 0.116. The van der Waals surface area contributed by atoms with Gasteiger partial charge in [-0.15, -0.1) is 0 Å². The van der Waals surface area contributed by atoms with Crippen molar-refractivity contribution in [3.05, 3.63) is 0 Å². The average molecular weight is 382 g/mol. The molecule has 0 aliphatic carbocycles. The van der Waals surface area contributed by atoms with Crippen molar-refractivity contribution in [1.82, 2.24) is 15.1 Å². The highest BCUT2D eigenvalue weighted by molar-refractivity contribution is 5.78. The van der Waals surface area contributed by atoms with Crippen LogP contribution in [0.3, 0.4) is 0 Å². The molecule has 0 radical (unpaired) electrons. The summed E-state index contributed by atoms with van der Waals surface area (Å²) >= 11 is 0. The van der Waals surface area contributed by atoms with Crippen LogP contribution in [0.4, 0.5) is 0 Å². The lowest BCUT2D eigenvalue weighted by atomic mass is 9.92. The second-order valence-corrected chi connectivity index (χ2v) is 8.54. The van der Waals surface area contributed by atoms with E-state index in [1.54, 1.807) is 0 Å². The third-order valence-corrected chi connectivity index (χ3v) is 6.00. The second kappa shape index (κ2) is 14.1. The van der Waals surface area contributed by atoms with Crippen molar-refractivity contribution in [3.8, 4) is 0 Å². The molecule has 2 fully saturated rings. The highest BCUT2D eigenvalue weighted by atomic mass is 16.2. The number of amides is 1. The molecule has 0 unspecified atom stereocenters. The third kappa shape index (κ3) is 10.2. The maximum absolute atomic E-state index is 11.7. The molecule has 5 nitrogen and oxygen atoms in total. The number of rotatable bonds is 8. The molecule has 0 aromatic heterocycles. The first kappa shape index (κ1) is 24.1. The topological polar surface area (TPSA) is 52.7 Å². The van der Waals surface area contributed by atoms with Crippen molar-refractivity contribution in [3.63, 3.8) is 0 Å². The van der Waals surface area contributed by atoms with Gasteiger partial charge in [-0.05, 0) is 78.7 Å². The summed E-state index contributed by atoms with van der Waals surface area (Å²) in [6, 6.07) is 0.569. The summed E-state index contributed by atoms with van der Waals surface area (Å²) in [4.78, 5) is 26.7. The number of piperidine rings is 2. The minimum Gasteiger partial charge on any atom is -0.355 e. The van der Waals surface area contributed by atoms with Gasteiger partial charge in [-0.1, -0.05) is 26.2 Å². The molecule has 0 spiro atoms. The van der Waals surface area contributed by atoms with Crippen LogP contribution in [0, 0.1) is 11.8 Å². The van der Waals surface area contributed by atoms with E-state index >= 15 is 0 Å². The van der Waals surface area contributed by atoms with Gasteiger partial charge in [-0.3, -0.25) is 4.79 Å². The van der Waals surface area contributed by atoms with Gasteiger partial charge in [0.15, 0.2) is 0 Å². The predicted molar refractivity (Wildman–Crippen MR) is 113 cm³/mol. The van der Waals surface area contributed by atoms with Crippen LogP contribution in [-0.4, -0.2) is 67.8 Å². The van der Waals surface area contributed by atoms with Crippen LogP contribution >= 0.6 is 0 Å². The van der Waals surface area contributed by atoms with Gasteiger partial charge in [-0.25, -0.2) is 0 Å². The molecule has 0 atom stereocenters. The average Bonchev–Trinajstić information content (AvgIpc) is 2.68. The first-order chi connectivity index (χ1) is 13.0. The Bertz CT molecular complexity index is 396. The first-order valence-corrected chi connectivity index (χ1v) is 11.1.